The van der Waals surface area contributed by atoms with Crippen LogP contribution in [0.25, 0.3) is 10.2 Å². The van der Waals surface area contributed by atoms with Gasteiger partial charge in [-0.1, -0.05) is 17.4 Å². The number of fused-ring (bicyclic) bond motifs is 1. The molecule has 3 aromatic rings. The van der Waals surface area contributed by atoms with Crippen LogP contribution in [0.3, 0.4) is 0 Å². The molecule has 0 radical (unpaired) electrons. The lowest BCUT2D eigenvalue weighted by atomic mass is 10.1. The molecule has 2 heterocycles. The Morgan fingerprint density at radius 3 is 2.82 bits per heavy atom. The molecule has 0 aliphatic heterocycles. The molecule has 86 valence electrons. The Hall–Kier alpha value is -1.39. The number of anilines is 1. The third-order valence-corrected chi connectivity index (χ3v) is 4.49. The van der Waals surface area contributed by atoms with Crippen LogP contribution >= 0.6 is 22.7 Å². The fourth-order valence-electron chi connectivity index (χ4n) is 1.88. The van der Waals surface area contributed by atoms with Gasteiger partial charge in [0.05, 0.1) is 10.2 Å². The lowest BCUT2D eigenvalue weighted by Crippen LogP contribution is -1.83. The molecule has 3 rings (SSSR count). The first kappa shape index (κ1) is 10.7. The molecule has 4 heteroatoms. The van der Waals surface area contributed by atoms with Gasteiger partial charge in [-0.2, -0.15) is 0 Å². The lowest BCUT2D eigenvalue weighted by molar-refractivity contribution is 1.25. The maximum absolute atomic E-state index is 5.71. The van der Waals surface area contributed by atoms with E-state index >= 15 is 0 Å². The van der Waals surface area contributed by atoms with E-state index in [9.17, 15) is 0 Å². The summed E-state index contributed by atoms with van der Waals surface area (Å²) < 4.78 is 1.17. The Balaban J connectivity index is 1.95. The number of nitrogens with zero attached hydrogens (tertiary/aromatic N) is 1. The zero-order valence-corrected chi connectivity index (χ0v) is 11.1. The lowest BCUT2D eigenvalue weighted by Gasteiger charge is -1.98. The molecule has 0 aliphatic rings. The van der Waals surface area contributed by atoms with Crippen LogP contribution in [0.15, 0.2) is 30.3 Å². The number of thiophene rings is 1. The summed E-state index contributed by atoms with van der Waals surface area (Å²) in [7, 11) is 0. The summed E-state index contributed by atoms with van der Waals surface area (Å²) in [6.07, 6.45) is 0.992. The van der Waals surface area contributed by atoms with Crippen LogP contribution in [0, 0.1) is 6.92 Å². The predicted molar refractivity (Wildman–Crippen MR) is 75.9 cm³/mol. The Labute approximate surface area is 108 Å². The smallest absolute Gasteiger partial charge is 0.181 e. The zero-order valence-electron chi connectivity index (χ0n) is 9.43. The van der Waals surface area contributed by atoms with Crippen LogP contribution in [0.2, 0.25) is 0 Å². The zero-order chi connectivity index (χ0) is 11.8. The van der Waals surface area contributed by atoms with Gasteiger partial charge in [0.15, 0.2) is 5.13 Å². The third-order valence-electron chi connectivity index (χ3n) is 2.64. The first-order valence-electron chi connectivity index (χ1n) is 5.41. The first-order valence-corrected chi connectivity index (χ1v) is 7.04. The van der Waals surface area contributed by atoms with Crippen molar-refractivity contribution >= 4 is 38.0 Å². The van der Waals surface area contributed by atoms with Crippen molar-refractivity contribution in [3.8, 4) is 0 Å². The molecule has 0 spiro atoms. The highest BCUT2D eigenvalue weighted by Crippen LogP contribution is 2.26. The van der Waals surface area contributed by atoms with E-state index in [2.05, 4.69) is 42.2 Å². The highest BCUT2D eigenvalue weighted by Gasteiger charge is 2.04. The van der Waals surface area contributed by atoms with E-state index in [1.807, 2.05) is 11.3 Å². The van der Waals surface area contributed by atoms with Crippen molar-refractivity contribution in [1.29, 1.82) is 0 Å². The minimum atomic E-state index is 0.643. The van der Waals surface area contributed by atoms with Crippen molar-refractivity contribution in [3.63, 3.8) is 0 Å². The molecule has 0 aliphatic carbocycles. The first-order chi connectivity index (χ1) is 8.20. The summed E-state index contributed by atoms with van der Waals surface area (Å²) in [5, 5.41) is 0.643. The van der Waals surface area contributed by atoms with E-state index in [4.69, 9.17) is 5.73 Å². The second kappa shape index (κ2) is 4.13. The number of benzene rings is 1. The number of rotatable bonds is 2. The van der Waals surface area contributed by atoms with Crippen LogP contribution in [0.5, 0.6) is 0 Å². The number of aromatic nitrogens is 1. The van der Waals surface area contributed by atoms with E-state index in [0.29, 0.717) is 5.13 Å². The van der Waals surface area contributed by atoms with Crippen LogP contribution in [0.1, 0.15) is 15.3 Å². The summed E-state index contributed by atoms with van der Waals surface area (Å²) in [6, 6.07) is 10.8. The average molecular weight is 260 g/mol. The van der Waals surface area contributed by atoms with Crippen molar-refractivity contribution in [3.05, 3.63) is 45.6 Å². The number of aryl methyl sites for hydroxylation is 1. The van der Waals surface area contributed by atoms with Crippen molar-refractivity contribution in [2.24, 2.45) is 0 Å². The third kappa shape index (κ3) is 2.18. The van der Waals surface area contributed by atoms with E-state index in [1.165, 1.54) is 20.0 Å². The molecule has 0 atom stereocenters. The molecular weight excluding hydrogens is 248 g/mol. The molecule has 0 fully saturated rings. The van der Waals surface area contributed by atoms with Gasteiger partial charge in [0.25, 0.3) is 0 Å². The maximum atomic E-state index is 5.71. The molecule has 2 N–H and O–H groups in total. The molecule has 17 heavy (non-hydrogen) atoms. The van der Waals surface area contributed by atoms with Crippen molar-refractivity contribution in [2.45, 2.75) is 13.3 Å². The Bertz CT molecular complexity index is 667. The predicted octanol–water partition coefficient (Wildman–Crippen LogP) is 3.84. The van der Waals surface area contributed by atoms with Gasteiger partial charge in [-0.15, -0.1) is 11.3 Å². The highest BCUT2D eigenvalue weighted by atomic mass is 32.1. The maximum Gasteiger partial charge on any atom is 0.181 e. The van der Waals surface area contributed by atoms with E-state index < -0.39 is 0 Å². The number of thiazole rings is 1. The normalized spacial score (nSPS) is 11.1. The minimum Gasteiger partial charge on any atom is -0.375 e. The number of nitrogen functional groups attached to an aromatic ring is 1. The molecule has 0 saturated carbocycles. The summed E-state index contributed by atoms with van der Waals surface area (Å²) in [6.45, 7) is 2.14. The molecule has 0 unspecified atom stereocenters. The summed E-state index contributed by atoms with van der Waals surface area (Å²) in [4.78, 5) is 7.03. The molecule has 1 aromatic carbocycles. The van der Waals surface area contributed by atoms with Gasteiger partial charge in [0.1, 0.15) is 0 Å². The van der Waals surface area contributed by atoms with Gasteiger partial charge < -0.3 is 5.73 Å². The Morgan fingerprint density at radius 1 is 1.18 bits per heavy atom. The summed E-state index contributed by atoms with van der Waals surface area (Å²) in [5.41, 5.74) is 8.03. The average Bonchev–Trinajstić information content (AvgIpc) is 2.83. The van der Waals surface area contributed by atoms with Gasteiger partial charge in [0.2, 0.25) is 0 Å². The molecule has 0 bridgehead atoms. The molecular formula is C13H12N2S2. The van der Waals surface area contributed by atoms with Crippen LogP contribution in [0.4, 0.5) is 5.13 Å². The van der Waals surface area contributed by atoms with Crippen molar-refractivity contribution in [2.75, 3.05) is 5.73 Å². The molecule has 0 saturated heterocycles. The van der Waals surface area contributed by atoms with Crippen LogP contribution < -0.4 is 5.73 Å². The van der Waals surface area contributed by atoms with E-state index in [-0.39, 0.29) is 0 Å². The van der Waals surface area contributed by atoms with Crippen LogP contribution in [-0.4, -0.2) is 4.98 Å². The molecule has 2 nitrogen and oxygen atoms in total. The van der Waals surface area contributed by atoms with E-state index in [0.717, 1.165) is 11.9 Å². The molecule has 2 aromatic heterocycles. The quantitative estimate of drug-likeness (QED) is 0.760. The molecule has 0 amide bonds. The van der Waals surface area contributed by atoms with Gasteiger partial charge in [0, 0.05) is 16.2 Å². The van der Waals surface area contributed by atoms with Gasteiger partial charge in [-0.3, -0.25) is 0 Å². The number of nitrogens with two attached hydrogens (primary N) is 1. The number of hydrogen-bond donors (Lipinski definition) is 1. The second-order valence-corrected chi connectivity index (χ2v) is 6.48. The van der Waals surface area contributed by atoms with E-state index in [1.54, 1.807) is 11.3 Å². The monoisotopic (exact) mass is 260 g/mol. The SMILES string of the molecule is Cc1ccc(Cc2ccc3nc(N)sc3c2)s1. The summed E-state index contributed by atoms with van der Waals surface area (Å²) >= 11 is 3.41. The minimum absolute atomic E-state index is 0.643. The Kier molecular flexibility index (Phi) is 2.61. The summed E-state index contributed by atoms with van der Waals surface area (Å²) in [5.74, 6) is 0. The standard InChI is InChI=1S/C13H12N2S2/c1-8-2-4-10(16-8)6-9-3-5-11-12(7-9)17-13(14)15-11/h2-5,7H,6H2,1H3,(H2,14,15). The van der Waals surface area contributed by atoms with Crippen molar-refractivity contribution in [1.82, 2.24) is 4.98 Å². The fraction of sp³-hybridized carbons (Fsp3) is 0.154. The second-order valence-electron chi connectivity index (χ2n) is 4.04. The topological polar surface area (TPSA) is 38.9 Å². The van der Waals surface area contributed by atoms with Gasteiger partial charge >= 0.3 is 0 Å². The number of hydrogen-bond acceptors (Lipinski definition) is 4. The van der Waals surface area contributed by atoms with Gasteiger partial charge in [-0.05, 0) is 36.8 Å². The Morgan fingerprint density at radius 2 is 2.06 bits per heavy atom. The fourth-order valence-corrected chi connectivity index (χ4v) is 3.60. The van der Waals surface area contributed by atoms with Crippen LogP contribution in [-0.2, 0) is 6.42 Å². The van der Waals surface area contributed by atoms with Gasteiger partial charge in [-0.25, -0.2) is 4.98 Å². The highest BCUT2D eigenvalue weighted by molar-refractivity contribution is 7.22. The largest absolute Gasteiger partial charge is 0.375 e. The van der Waals surface area contributed by atoms with Crippen molar-refractivity contribution < 1.29 is 0 Å².